The van der Waals surface area contributed by atoms with E-state index in [9.17, 15) is 4.79 Å². The van der Waals surface area contributed by atoms with Crippen LogP contribution in [0.1, 0.15) is 68.9 Å². The molecule has 0 N–H and O–H groups in total. The van der Waals surface area contributed by atoms with Crippen LogP contribution in [0.4, 0.5) is 0 Å². The van der Waals surface area contributed by atoms with Gasteiger partial charge in [0.1, 0.15) is 11.4 Å². The zero-order chi connectivity index (χ0) is 28.2. The zero-order valence-electron chi connectivity index (χ0n) is 24.1. The quantitative estimate of drug-likeness (QED) is 0.138. The summed E-state index contributed by atoms with van der Waals surface area (Å²) in [6.45, 7) is 12.8. The Hall–Kier alpha value is -3.82. The van der Waals surface area contributed by atoms with Gasteiger partial charge < -0.3 is 9.13 Å². The Labute approximate surface area is 255 Å². The predicted octanol–water partition coefficient (Wildman–Crippen LogP) is 7.79. The maximum Gasteiger partial charge on any atom is 2.00 e. The van der Waals surface area contributed by atoms with Gasteiger partial charge in [-0.3, -0.25) is 14.8 Å². The van der Waals surface area contributed by atoms with E-state index in [1.54, 1.807) is 0 Å². The first kappa shape index (κ1) is 28.7. The molecule has 6 rings (SSSR count). The second-order valence-corrected chi connectivity index (χ2v) is 12.4. The number of carbonyl (C=O) groups excluding carboxylic acids is 1. The molecule has 6 aromatic rings. The first-order valence-electron chi connectivity index (χ1n) is 13.6. The molecule has 208 valence electrons. The van der Waals surface area contributed by atoms with E-state index in [4.69, 9.17) is 9.97 Å². The maximum atomic E-state index is 14.2. The van der Waals surface area contributed by atoms with Crippen LogP contribution in [0.2, 0.25) is 0 Å². The second kappa shape index (κ2) is 10.5. The number of aromatic nitrogens is 4. The number of pyridine rings is 2. The fourth-order valence-electron chi connectivity index (χ4n) is 4.90. The van der Waals surface area contributed by atoms with Crippen molar-refractivity contribution in [3.8, 4) is 11.6 Å². The van der Waals surface area contributed by atoms with Gasteiger partial charge in [-0.2, -0.15) is 0 Å². The first-order valence-corrected chi connectivity index (χ1v) is 13.6. The van der Waals surface area contributed by atoms with Crippen molar-refractivity contribution in [3.05, 3.63) is 120 Å². The molecule has 0 amide bonds. The van der Waals surface area contributed by atoms with E-state index in [2.05, 4.69) is 53.9 Å². The van der Waals surface area contributed by atoms with Crippen molar-refractivity contribution < 1.29 is 25.9 Å². The minimum atomic E-state index is -0.215. The summed E-state index contributed by atoms with van der Waals surface area (Å²) in [5, 5.41) is 2.13. The van der Waals surface area contributed by atoms with Crippen molar-refractivity contribution in [2.75, 3.05) is 0 Å². The van der Waals surface area contributed by atoms with Crippen molar-refractivity contribution in [3.63, 3.8) is 0 Å². The van der Waals surface area contributed by atoms with Gasteiger partial charge in [-0.15, -0.1) is 35.0 Å². The molecule has 0 aliphatic carbocycles. The largest absolute Gasteiger partial charge is 2.00 e. The van der Waals surface area contributed by atoms with Crippen LogP contribution in [0, 0.1) is 12.4 Å². The molecule has 5 nitrogen and oxygen atoms in total. The number of carbonyl (C=O) groups is 1. The van der Waals surface area contributed by atoms with E-state index in [0.29, 0.717) is 23.0 Å². The van der Waals surface area contributed by atoms with Crippen LogP contribution in [0.15, 0.2) is 84.9 Å². The summed E-state index contributed by atoms with van der Waals surface area (Å²) in [6, 6.07) is 28.0. The van der Waals surface area contributed by atoms with Gasteiger partial charge >= 0.3 is 21.1 Å². The van der Waals surface area contributed by atoms with Crippen molar-refractivity contribution in [2.45, 2.75) is 52.4 Å². The fraction of sp³-hybridized carbons (Fsp3) is 0.229. The van der Waals surface area contributed by atoms with E-state index in [1.165, 1.54) is 0 Å². The van der Waals surface area contributed by atoms with Gasteiger partial charge in [0.2, 0.25) is 5.78 Å². The molecule has 0 radical (unpaired) electrons. The third-order valence-electron chi connectivity index (χ3n) is 7.33. The molecular weight excluding hydrogens is 687 g/mol. The average molecular weight is 720 g/mol. The summed E-state index contributed by atoms with van der Waals surface area (Å²) < 4.78 is 3.85. The van der Waals surface area contributed by atoms with Gasteiger partial charge in [-0.1, -0.05) is 114 Å². The summed E-state index contributed by atoms with van der Waals surface area (Å²) >= 11 is 0. The zero-order valence-corrected chi connectivity index (χ0v) is 26.4. The number of para-hydroxylation sites is 2. The normalized spacial score (nSPS) is 12.0. The van der Waals surface area contributed by atoms with Crippen LogP contribution in [-0.2, 0) is 31.9 Å². The van der Waals surface area contributed by atoms with Gasteiger partial charge in [0, 0.05) is 0 Å². The summed E-state index contributed by atoms with van der Waals surface area (Å²) in [5.41, 5.74) is 4.35. The molecule has 0 aliphatic heterocycles. The van der Waals surface area contributed by atoms with E-state index in [0.717, 1.165) is 32.9 Å². The summed E-state index contributed by atoms with van der Waals surface area (Å²) in [5.74, 6) is 1.11. The molecule has 0 atom stereocenters. The van der Waals surface area contributed by atoms with Crippen LogP contribution < -0.4 is 0 Å². The van der Waals surface area contributed by atoms with Gasteiger partial charge in [-0.05, 0) is 34.1 Å². The van der Waals surface area contributed by atoms with E-state index in [1.807, 2.05) is 94.1 Å². The number of ketones is 1. The third kappa shape index (κ3) is 5.44. The van der Waals surface area contributed by atoms with E-state index < -0.39 is 0 Å². The van der Waals surface area contributed by atoms with Crippen LogP contribution in [0.5, 0.6) is 0 Å². The molecule has 0 spiro atoms. The molecule has 6 heteroatoms. The van der Waals surface area contributed by atoms with Crippen molar-refractivity contribution in [1.82, 2.24) is 19.1 Å². The summed E-state index contributed by atoms with van der Waals surface area (Å²) in [6.07, 6.45) is 6.62. The van der Waals surface area contributed by atoms with Gasteiger partial charge in [0.05, 0.1) is 11.6 Å². The number of hydrogen-bond donors (Lipinski definition) is 0. The standard InChI is InChI=1S/C35H32N4O.Pt/c1-34(2,3)25-19-27(36-31(21-25)38-17-15-23-11-7-9-13-29(23)38)33(40)28-20-26(35(4,5)6)22-32(37-28)39-18-16-24-12-8-10-14-30(24)39;/h7-16,19-22H,1-6H3;/q-2;+2. The fourth-order valence-corrected chi connectivity index (χ4v) is 4.90. The monoisotopic (exact) mass is 719 g/mol. The molecule has 0 bridgehead atoms. The number of hydrogen-bond acceptors (Lipinski definition) is 3. The van der Waals surface area contributed by atoms with Gasteiger partial charge in [0.15, 0.2) is 0 Å². The maximum absolute atomic E-state index is 14.2. The van der Waals surface area contributed by atoms with Crippen molar-refractivity contribution in [1.29, 1.82) is 0 Å². The minimum Gasteiger partial charge on any atom is -0.429 e. The topological polar surface area (TPSA) is 52.7 Å². The Kier molecular flexibility index (Phi) is 7.38. The molecular formula is C35H32N4OPt. The molecule has 2 aromatic carbocycles. The van der Waals surface area contributed by atoms with E-state index in [-0.39, 0.29) is 37.7 Å². The number of nitrogens with zero attached hydrogens (tertiary/aromatic N) is 4. The second-order valence-electron chi connectivity index (χ2n) is 12.4. The first-order chi connectivity index (χ1) is 19.0. The summed E-state index contributed by atoms with van der Waals surface area (Å²) in [7, 11) is 0. The summed E-state index contributed by atoms with van der Waals surface area (Å²) in [4.78, 5) is 24.0. The minimum absolute atomic E-state index is 0. The Bertz CT molecular complexity index is 1760. The van der Waals surface area contributed by atoms with Crippen LogP contribution in [0.25, 0.3) is 33.4 Å². The average Bonchev–Trinajstić information content (AvgIpc) is 3.56. The molecule has 0 saturated heterocycles. The predicted molar refractivity (Wildman–Crippen MR) is 161 cm³/mol. The SMILES string of the molecule is CC(C)(C)c1cc(C(=O)c2cc(C(C)(C)C)cc(-n3[c-]cc4ccccc43)n2)nc(-n2[c-]cc3ccccc32)c1.[Pt+2]. The molecule has 0 aliphatic rings. The van der Waals surface area contributed by atoms with Crippen LogP contribution in [-0.4, -0.2) is 24.9 Å². The van der Waals surface area contributed by atoms with Gasteiger partial charge in [-0.25, -0.2) is 0 Å². The molecule has 0 fully saturated rings. The van der Waals surface area contributed by atoms with Crippen LogP contribution in [0.3, 0.4) is 0 Å². The molecule has 4 heterocycles. The molecule has 41 heavy (non-hydrogen) atoms. The van der Waals surface area contributed by atoms with Crippen molar-refractivity contribution >= 4 is 27.6 Å². The Morgan fingerprint density at radius 2 is 1.02 bits per heavy atom. The van der Waals surface area contributed by atoms with Gasteiger partial charge in [0.25, 0.3) is 0 Å². The number of rotatable bonds is 4. The smallest absolute Gasteiger partial charge is 0.429 e. The Morgan fingerprint density at radius 3 is 1.41 bits per heavy atom. The number of benzene rings is 2. The van der Waals surface area contributed by atoms with E-state index >= 15 is 0 Å². The van der Waals surface area contributed by atoms with Crippen molar-refractivity contribution in [2.24, 2.45) is 0 Å². The number of fused-ring (bicyclic) bond motifs is 2. The molecule has 0 saturated carbocycles. The molecule has 4 aromatic heterocycles. The Balaban J connectivity index is 0.00000337. The Morgan fingerprint density at radius 1 is 0.634 bits per heavy atom. The van der Waals surface area contributed by atoms with Crippen LogP contribution >= 0.6 is 0 Å². The third-order valence-corrected chi connectivity index (χ3v) is 7.33. The molecule has 0 unspecified atom stereocenters.